The monoisotopic (exact) mass is 905 g/mol. The molecule has 2 N–H and O–H groups in total. The highest BCUT2D eigenvalue weighted by molar-refractivity contribution is 6.90. The molecule has 12 nitrogen and oxygen atoms in total. The molecule has 0 spiro atoms. The summed E-state index contributed by atoms with van der Waals surface area (Å²) in [7, 11) is -2.29. The van der Waals surface area contributed by atoms with E-state index in [0.717, 1.165) is 24.2 Å². The number of aromatic nitrogens is 3. The number of pyridine rings is 1. The fourth-order valence-electron chi connectivity index (χ4n) is 11.4. The third kappa shape index (κ3) is 8.33. The number of ether oxygens (including phenoxy) is 2. The van der Waals surface area contributed by atoms with Crippen molar-refractivity contribution in [1.82, 2.24) is 24.8 Å². The minimum Gasteiger partial charge on any atom is -0.465 e. The Morgan fingerprint density at radius 1 is 0.985 bits per heavy atom. The van der Waals surface area contributed by atoms with Gasteiger partial charge in [-0.25, -0.2) is 18.4 Å². The molecule has 4 aromatic rings. The van der Waals surface area contributed by atoms with E-state index in [1.54, 1.807) is 26.8 Å². The van der Waals surface area contributed by atoms with Crippen LogP contribution in [0.1, 0.15) is 93.6 Å². The van der Waals surface area contributed by atoms with E-state index in [-0.39, 0.29) is 52.5 Å². The molecule has 0 radical (unpaired) electrons. The number of piperazine rings is 1. The van der Waals surface area contributed by atoms with Crippen LogP contribution in [0.4, 0.5) is 29.9 Å². The highest BCUT2D eigenvalue weighted by atomic mass is 28.3. The highest BCUT2D eigenvalue weighted by Gasteiger charge is 2.49. The Morgan fingerprint density at radius 2 is 1.62 bits per heavy atom. The lowest BCUT2D eigenvalue weighted by molar-refractivity contribution is 0.0635. The minimum atomic E-state index is -2.29. The molecule has 6 heterocycles. The van der Waals surface area contributed by atoms with Gasteiger partial charge in [-0.1, -0.05) is 83.9 Å². The van der Waals surface area contributed by atoms with E-state index in [9.17, 15) is 14.7 Å². The lowest BCUT2D eigenvalue weighted by Gasteiger charge is -2.40. The summed E-state index contributed by atoms with van der Waals surface area (Å²) in [5.74, 6) is 1.99. The normalized spacial score (nSPS) is 19.7. The molecular formula is C50H61F2N7O5Si. The molecule has 0 saturated carbocycles. The molecule has 2 atom stereocenters. The van der Waals surface area contributed by atoms with Crippen molar-refractivity contribution in [3.05, 3.63) is 72.0 Å². The van der Waals surface area contributed by atoms with Crippen LogP contribution < -0.4 is 15.0 Å². The van der Waals surface area contributed by atoms with Crippen LogP contribution >= 0.6 is 0 Å². The zero-order valence-electron chi connectivity index (χ0n) is 39.1. The minimum absolute atomic E-state index is 0.0736. The second-order valence-corrected chi connectivity index (χ2v) is 26.1. The van der Waals surface area contributed by atoms with Gasteiger partial charge in [-0.2, -0.15) is 9.97 Å². The first-order valence-corrected chi connectivity index (χ1v) is 25.0. The number of anilines is 2. The van der Waals surface area contributed by atoms with Crippen molar-refractivity contribution in [3.63, 3.8) is 0 Å². The summed E-state index contributed by atoms with van der Waals surface area (Å²) >= 11 is 0. The number of amides is 2. The molecular weight excluding hydrogens is 845 g/mol. The second-order valence-electron chi connectivity index (χ2n) is 20.5. The maximum Gasteiger partial charge on any atom is 0.412 e. The smallest absolute Gasteiger partial charge is 0.412 e. The number of carbonyl (C=O) groups excluding carboxylic acids is 1. The van der Waals surface area contributed by atoms with Gasteiger partial charge in [-0.3, -0.25) is 20.1 Å². The van der Waals surface area contributed by atoms with Gasteiger partial charge in [0.05, 0.1) is 34.3 Å². The maximum absolute atomic E-state index is 18.0. The largest absolute Gasteiger partial charge is 0.465 e. The molecule has 4 fully saturated rings. The van der Waals surface area contributed by atoms with Crippen molar-refractivity contribution < 1.29 is 33.0 Å². The van der Waals surface area contributed by atoms with Crippen LogP contribution in [0.25, 0.3) is 32.9 Å². The van der Waals surface area contributed by atoms with Crippen LogP contribution in [0.15, 0.2) is 54.8 Å². The van der Waals surface area contributed by atoms with E-state index in [2.05, 4.69) is 81.4 Å². The number of nitrogens with one attached hydrogen (secondary N) is 1. The number of hydrogen-bond acceptors (Lipinski definition) is 9. The Morgan fingerprint density at radius 3 is 2.20 bits per heavy atom. The van der Waals surface area contributed by atoms with Crippen LogP contribution in [-0.2, 0) is 4.74 Å². The number of hydrogen-bond donors (Lipinski definition) is 2. The third-order valence-electron chi connectivity index (χ3n) is 14.0. The van der Waals surface area contributed by atoms with Gasteiger partial charge in [0.15, 0.2) is 11.6 Å². The van der Waals surface area contributed by atoms with Gasteiger partial charge in [0.1, 0.15) is 37.3 Å². The van der Waals surface area contributed by atoms with Crippen molar-refractivity contribution in [3.8, 4) is 28.7 Å². The van der Waals surface area contributed by atoms with E-state index >= 15 is 8.78 Å². The highest BCUT2D eigenvalue weighted by Crippen LogP contribution is 2.45. The lowest BCUT2D eigenvalue weighted by Crippen LogP contribution is -2.55. The summed E-state index contributed by atoms with van der Waals surface area (Å²) < 4.78 is 47.5. The summed E-state index contributed by atoms with van der Waals surface area (Å²) in [6.07, 6.45) is 2.37. The predicted molar refractivity (Wildman–Crippen MR) is 254 cm³/mol. The molecule has 4 saturated heterocycles. The van der Waals surface area contributed by atoms with Crippen molar-refractivity contribution >= 4 is 53.4 Å². The molecule has 15 heteroatoms. The Kier molecular flexibility index (Phi) is 12.0. The fraction of sp³-hybridized carbons (Fsp3) is 0.500. The number of fused-ring (bicyclic) bond motifs is 5. The zero-order valence-corrected chi connectivity index (χ0v) is 40.1. The van der Waals surface area contributed by atoms with Crippen molar-refractivity contribution in [2.45, 2.75) is 128 Å². The Hall–Kier alpha value is -5.59. The summed E-state index contributed by atoms with van der Waals surface area (Å²) in [5, 5.41) is 13.7. The first kappa shape index (κ1) is 46.0. The van der Waals surface area contributed by atoms with Gasteiger partial charge in [0, 0.05) is 43.3 Å². The van der Waals surface area contributed by atoms with Crippen LogP contribution in [0.3, 0.4) is 0 Å². The second kappa shape index (κ2) is 17.0. The van der Waals surface area contributed by atoms with E-state index in [0.29, 0.717) is 77.6 Å². The summed E-state index contributed by atoms with van der Waals surface area (Å²) in [6.45, 7) is 29.2. The number of carboxylic acid groups (broad SMARTS) is 1. The van der Waals surface area contributed by atoms with Crippen molar-refractivity contribution in [2.24, 2.45) is 0 Å². The molecule has 4 aliphatic heterocycles. The SMILES string of the molecule is C=C1CN2CC(=C)CC2(COc2nc(N3C[C@H]4CC[C@@H](C3)N4C(=O)O)c3cnc(-c4c(F)c(NC(=O)OC(C)(C)C)cc5cccc(C#C[Si](C(C)C)(C(C)C)C(C)C)c45)c(F)c3n2)C1. The Balaban J connectivity index is 1.33. The molecule has 0 unspecified atom stereocenters. The summed E-state index contributed by atoms with van der Waals surface area (Å²) in [5.41, 5.74) is 5.22. The maximum atomic E-state index is 18.0. The topological polar surface area (TPSA) is 133 Å². The molecule has 8 rings (SSSR count). The van der Waals surface area contributed by atoms with Gasteiger partial charge in [0.25, 0.3) is 0 Å². The molecule has 2 amide bonds. The number of rotatable bonds is 9. The fourth-order valence-corrected chi connectivity index (χ4v) is 16.6. The number of carbonyl (C=O) groups is 2. The van der Waals surface area contributed by atoms with Crippen LogP contribution in [0.2, 0.25) is 16.6 Å². The van der Waals surface area contributed by atoms with E-state index in [1.807, 2.05) is 17.0 Å². The Labute approximate surface area is 381 Å². The van der Waals surface area contributed by atoms with Gasteiger partial charge in [-0.05, 0) is 80.6 Å². The van der Waals surface area contributed by atoms with E-state index in [1.165, 1.54) is 17.2 Å². The molecule has 2 bridgehead atoms. The van der Waals surface area contributed by atoms with Gasteiger partial charge >= 0.3 is 18.2 Å². The van der Waals surface area contributed by atoms with Gasteiger partial charge < -0.3 is 19.5 Å². The molecule has 4 aliphatic rings. The van der Waals surface area contributed by atoms with Crippen LogP contribution in [0.5, 0.6) is 6.01 Å². The zero-order chi connectivity index (χ0) is 46.9. The van der Waals surface area contributed by atoms with Crippen molar-refractivity contribution in [1.29, 1.82) is 0 Å². The van der Waals surface area contributed by atoms with Gasteiger partial charge in [-0.15, -0.1) is 5.54 Å². The third-order valence-corrected chi connectivity index (χ3v) is 20.3. The standard InChI is InChI=1S/C50H61F2N7O5Si/c1-28(2)65(29(3)4,30(5)6)18-17-33-13-12-14-34-19-38(54-47(60)64-49(9,10)11)41(51)40(39(33)34)44-42(52)43-37(22-53-44)45(57-25-35-15-16-36(26-57)59(35)48(61)62)56-46(55-43)63-27-50-20-31(7)23-58(50)24-32(8)21-50/h12-14,19,22,28-30,35-36H,7-8,15-16,20-21,23-27H2,1-6,9-11H3,(H,54,60)(H,61,62)/t35-,36+. The van der Waals surface area contributed by atoms with E-state index in [4.69, 9.17) is 19.4 Å². The number of halogens is 2. The summed E-state index contributed by atoms with van der Waals surface area (Å²) in [4.78, 5) is 45.5. The molecule has 0 aliphatic carbocycles. The number of benzene rings is 2. The van der Waals surface area contributed by atoms with Gasteiger partial charge in [0.2, 0.25) is 0 Å². The van der Waals surface area contributed by atoms with E-state index < -0.39 is 43.0 Å². The molecule has 65 heavy (non-hydrogen) atoms. The quantitative estimate of drug-likeness (QED) is 0.0950. The predicted octanol–water partition coefficient (Wildman–Crippen LogP) is 10.7. The average molecular weight is 906 g/mol. The van der Waals surface area contributed by atoms with Crippen LogP contribution in [-0.4, -0.2) is 106 Å². The first-order valence-electron chi connectivity index (χ1n) is 22.7. The first-order chi connectivity index (χ1) is 30.6. The molecule has 2 aromatic heterocycles. The molecule has 344 valence electrons. The average Bonchev–Trinajstić information content (AvgIpc) is 3.79. The Bertz CT molecular complexity index is 2630. The number of nitrogens with zero attached hydrogens (tertiary/aromatic N) is 6. The van der Waals surface area contributed by atoms with Crippen LogP contribution in [0, 0.1) is 23.1 Å². The summed E-state index contributed by atoms with van der Waals surface area (Å²) in [6, 6.07) is 6.26. The lowest BCUT2D eigenvalue weighted by atomic mass is 9.92. The molecule has 2 aromatic carbocycles. The van der Waals surface area contributed by atoms with Crippen molar-refractivity contribution in [2.75, 3.05) is 43.0 Å².